The Hall–Kier alpha value is -0.555. The van der Waals surface area contributed by atoms with Crippen LogP contribution in [-0.4, -0.2) is 45.4 Å². The van der Waals surface area contributed by atoms with Gasteiger partial charge in [0.25, 0.3) is 0 Å². The van der Waals surface area contributed by atoms with E-state index in [0.717, 1.165) is 12.8 Å². The van der Waals surface area contributed by atoms with E-state index in [2.05, 4.69) is 27.7 Å². The zero-order valence-electron chi connectivity index (χ0n) is 14.2. The van der Waals surface area contributed by atoms with Gasteiger partial charge in [-0.25, -0.2) is 0 Å². The lowest BCUT2D eigenvalue weighted by atomic mass is 9.85. The van der Waals surface area contributed by atoms with Gasteiger partial charge < -0.3 is 23.5 Å². The van der Waals surface area contributed by atoms with Crippen LogP contribution in [0.25, 0.3) is 0 Å². The van der Waals surface area contributed by atoms with Crippen LogP contribution in [0.5, 0.6) is 0 Å². The number of rotatable bonds is 9. The molecule has 1 rings (SSSR count). The lowest BCUT2D eigenvalue weighted by Crippen LogP contribution is -2.41. The third-order valence-electron chi connectivity index (χ3n) is 4.05. The van der Waals surface area contributed by atoms with Gasteiger partial charge in [-0.3, -0.25) is 0 Å². The van der Waals surface area contributed by atoms with E-state index in [1.807, 2.05) is 6.08 Å². The zero-order valence-corrected chi connectivity index (χ0v) is 14.2. The molecule has 0 amide bonds. The molecule has 1 aliphatic heterocycles. The van der Waals surface area contributed by atoms with Gasteiger partial charge in [0.05, 0.1) is 24.1 Å². The second kappa shape index (κ2) is 8.18. The van der Waals surface area contributed by atoms with Gasteiger partial charge in [0, 0.05) is 27.0 Å². The summed E-state index contributed by atoms with van der Waals surface area (Å²) in [7, 11) is 3.07. The Morgan fingerprint density at radius 3 is 2.14 bits per heavy atom. The van der Waals surface area contributed by atoms with Crippen LogP contribution in [0.2, 0.25) is 6.32 Å². The number of ether oxygens (including phenoxy) is 3. The molecule has 0 aliphatic carbocycles. The van der Waals surface area contributed by atoms with Crippen molar-refractivity contribution in [3.8, 4) is 0 Å². The van der Waals surface area contributed by atoms with E-state index in [4.69, 9.17) is 23.5 Å². The summed E-state index contributed by atoms with van der Waals surface area (Å²) < 4.78 is 27.4. The van der Waals surface area contributed by atoms with Crippen LogP contribution in [0.15, 0.2) is 12.3 Å². The topological polar surface area (TPSA) is 46.2 Å². The van der Waals surface area contributed by atoms with Crippen LogP contribution in [0.3, 0.4) is 0 Å². The molecule has 0 atom stereocenters. The number of hydrogen-bond acceptors (Lipinski definition) is 5. The van der Waals surface area contributed by atoms with Crippen molar-refractivity contribution < 1.29 is 23.5 Å². The van der Waals surface area contributed by atoms with E-state index >= 15 is 0 Å². The van der Waals surface area contributed by atoms with E-state index in [1.165, 1.54) is 0 Å². The first kappa shape index (κ1) is 18.5. The lowest BCUT2D eigenvalue weighted by molar-refractivity contribution is -0.108. The highest BCUT2D eigenvalue weighted by atomic mass is 16.7. The highest BCUT2D eigenvalue weighted by Crippen LogP contribution is 2.37. The molecule has 1 aliphatic rings. The molecular weight excluding hydrogens is 271 g/mol. The number of allylic oxidation sites excluding steroid dienone is 1. The smallest absolute Gasteiger partial charge is 0.461 e. The fourth-order valence-electron chi connectivity index (χ4n) is 2.03. The van der Waals surface area contributed by atoms with Gasteiger partial charge in [-0.15, -0.1) is 0 Å². The van der Waals surface area contributed by atoms with Crippen molar-refractivity contribution in [1.82, 2.24) is 0 Å². The van der Waals surface area contributed by atoms with Crippen molar-refractivity contribution in [2.75, 3.05) is 20.8 Å². The first-order chi connectivity index (χ1) is 9.82. The molecule has 122 valence electrons. The number of methoxy groups -OCH3 is 2. The third-order valence-corrected chi connectivity index (χ3v) is 4.05. The van der Waals surface area contributed by atoms with Gasteiger partial charge in [-0.1, -0.05) is 6.08 Å². The largest absolute Gasteiger partial charge is 0.502 e. The van der Waals surface area contributed by atoms with Gasteiger partial charge in [-0.2, -0.15) is 0 Å². The Morgan fingerprint density at radius 2 is 1.62 bits per heavy atom. The van der Waals surface area contributed by atoms with Gasteiger partial charge in [-0.05, 0) is 34.1 Å². The van der Waals surface area contributed by atoms with Gasteiger partial charge >= 0.3 is 7.12 Å². The summed E-state index contributed by atoms with van der Waals surface area (Å²) in [5.74, 6) is 0. The molecule has 1 fully saturated rings. The Balaban J connectivity index is 2.14. The molecule has 21 heavy (non-hydrogen) atoms. The minimum atomic E-state index is -0.276. The first-order valence-corrected chi connectivity index (χ1v) is 7.50. The lowest BCUT2D eigenvalue weighted by Gasteiger charge is -2.32. The Morgan fingerprint density at radius 1 is 1.05 bits per heavy atom. The molecule has 0 bridgehead atoms. The number of hydrogen-bond donors (Lipinski definition) is 0. The van der Waals surface area contributed by atoms with E-state index in [9.17, 15) is 0 Å². The molecular formula is C15H29BO5. The van der Waals surface area contributed by atoms with Crippen LogP contribution >= 0.6 is 0 Å². The van der Waals surface area contributed by atoms with Crippen LogP contribution in [0, 0.1) is 0 Å². The average molecular weight is 300 g/mol. The van der Waals surface area contributed by atoms with Gasteiger partial charge in [0.1, 0.15) is 0 Å². The standard InChI is InChI=1S/C15H29BO5/c1-14(2)15(3,4)21-16(20-14)10-8-12-19-11-7-9-13(17-5)18-6/h8,12-13H,7,9-11H2,1-6H3/b12-8+. The highest BCUT2D eigenvalue weighted by molar-refractivity contribution is 6.46. The molecule has 0 unspecified atom stereocenters. The molecule has 0 aromatic rings. The summed E-state index contributed by atoms with van der Waals surface area (Å²) in [6, 6.07) is 0. The predicted molar refractivity (Wildman–Crippen MR) is 83.0 cm³/mol. The maximum absolute atomic E-state index is 5.89. The molecule has 1 heterocycles. The molecule has 0 aromatic heterocycles. The second-order valence-electron chi connectivity index (χ2n) is 6.21. The van der Waals surface area contributed by atoms with Crippen LogP contribution < -0.4 is 0 Å². The van der Waals surface area contributed by atoms with E-state index < -0.39 is 0 Å². The van der Waals surface area contributed by atoms with Crippen molar-refractivity contribution in [2.24, 2.45) is 0 Å². The van der Waals surface area contributed by atoms with Crippen molar-refractivity contribution in [3.05, 3.63) is 12.3 Å². The van der Waals surface area contributed by atoms with Gasteiger partial charge in [0.15, 0.2) is 6.29 Å². The molecule has 0 aromatic carbocycles. The minimum absolute atomic E-state index is 0.151. The predicted octanol–water partition coefficient (Wildman–Crippen LogP) is 3.01. The van der Waals surface area contributed by atoms with E-state index in [1.54, 1.807) is 20.5 Å². The Bertz CT molecular complexity index is 310. The summed E-state index contributed by atoms with van der Waals surface area (Å²) in [5.41, 5.74) is -0.552. The van der Waals surface area contributed by atoms with Crippen molar-refractivity contribution in [1.29, 1.82) is 0 Å². The summed E-state index contributed by atoms with van der Waals surface area (Å²) >= 11 is 0. The Kier molecular flexibility index (Phi) is 7.20. The molecule has 5 nitrogen and oxygen atoms in total. The maximum atomic E-state index is 5.89. The van der Waals surface area contributed by atoms with Crippen molar-refractivity contribution in [2.45, 2.75) is 64.3 Å². The van der Waals surface area contributed by atoms with Crippen LogP contribution in [-0.2, 0) is 23.5 Å². The molecule has 0 radical (unpaired) electrons. The summed E-state index contributed by atoms with van der Waals surface area (Å²) in [6.45, 7) is 8.85. The third kappa shape index (κ3) is 5.62. The first-order valence-electron chi connectivity index (χ1n) is 7.50. The Labute approximate surface area is 129 Å². The molecule has 0 N–H and O–H groups in total. The summed E-state index contributed by atoms with van der Waals surface area (Å²) in [6.07, 6.45) is 5.88. The molecule has 0 spiro atoms. The highest BCUT2D eigenvalue weighted by Gasteiger charge is 2.50. The molecule has 0 saturated carbocycles. The van der Waals surface area contributed by atoms with Crippen LogP contribution in [0.1, 0.15) is 40.5 Å². The average Bonchev–Trinajstić information content (AvgIpc) is 2.61. The summed E-state index contributed by atoms with van der Waals surface area (Å²) in [5, 5.41) is 0. The molecule has 6 heteroatoms. The normalized spacial score (nSPS) is 20.6. The monoisotopic (exact) mass is 300 g/mol. The van der Waals surface area contributed by atoms with E-state index in [-0.39, 0.29) is 24.6 Å². The molecule has 1 saturated heterocycles. The van der Waals surface area contributed by atoms with Crippen LogP contribution in [0.4, 0.5) is 0 Å². The minimum Gasteiger partial charge on any atom is -0.502 e. The van der Waals surface area contributed by atoms with Crippen molar-refractivity contribution in [3.63, 3.8) is 0 Å². The quantitative estimate of drug-likeness (QED) is 0.283. The van der Waals surface area contributed by atoms with Gasteiger partial charge in [0.2, 0.25) is 0 Å². The summed E-state index contributed by atoms with van der Waals surface area (Å²) in [4.78, 5) is 0. The fraction of sp³-hybridized carbons (Fsp3) is 0.867. The fourth-order valence-corrected chi connectivity index (χ4v) is 2.03. The maximum Gasteiger partial charge on any atom is 0.461 e. The van der Waals surface area contributed by atoms with Crippen molar-refractivity contribution >= 4 is 7.12 Å². The second-order valence-corrected chi connectivity index (χ2v) is 6.21. The zero-order chi connectivity index (χ0) is 15.9. The SMILES string of the molecule is COC(CCCO/C=C/CB1OC(C)(C)C(C)(C)O1)OC. The van der Waals surface area contributed by atoms with E-state index in [0.29, 0.717) is 12.9 Å².